The van der Waals surface area contributed by atoms with Crippen molar-refractivity contribution in [1.29, 1.82) is 5.26 Å². The molecule has 0 fully saturated rings. The second-order valence-corrected chi connectivity index (χ2v) is 7.31. The molecule has 6 heteroatoms. The fourth-order valence-electron chi connectivity index (χ4n) is 2.93. The Morgan fingerprint density at radius 2 is 1.96 bits per heavy atom. The third-order valence-corrected chi connectivity index (χ3v) is 5.09. The number of fused-ring (bicyclic) bond motifs is 1. The lowest BCUT2D eigenvalue weighted by Crippen LogP contribution is -2.28. The van der Waals surface area contributed by atoms with Gasteiger partial charge in [0.2, 0.25) is 6.79 Å². The molecule has 138 valence electrons. The molecule has 0 spiro atoms. The second kappa shape index (κ2) is 7.85. The Kier molecular flexibility index (Phi) is 5.52. The molecule has 1 atom stereocenters. The summed E-state index contributed by atoms with van der Waals surface area (Å²) in [6.45, 7) is 6.08. The largest absolute Gasteiger partial charge is 0.454 e. The quantitative estimate of drug-likeness (QED) is 0.573. The maximum atomic E-state index is 12.6. The summed E-state index contributed by atoms with van der Waals surface area (Å²) < 4.78 is 11.4. The predicted molar refractivity (Wildman–Crippen MR) is 106 cm³/mol. The number of rotatable bonds is 4. The highest BCUT2D eigenvalue weighted by molar-refractivity contribution is 9.10. The molecule has 0 aliphatic carbocycles. The monoisotopic (exact) mass is 426 g/mol. The minimum Gasteiger partial charge on any atom is -0.454 e. The molecule has 0 saturated heterocycles. The number of carbonyl (C=O) groups excluding carboxylic acids is 1. The van der Waals surface area contributed by atoms with Crippen molar-refractivity contribution in [2.75, 3.05) is 6.79 Å². The SMILES string of the molecule is Cc1ccc(C)c([C@H](C)NC(=O)/C(C#N)=C\c2cc3c(cc2Br)OCO3)c1. The molecule has 1 N–H and O–H groups in total. The van der Waals surface area contributed by atoms with E-state index in [2.05, 4.69) is 21.2 Å². The van der Waals surface area contributed by atoms with Crippen LogP contribution >= 0.6 is 15.9 Å². The number of nitrogens with zero attached hydrogens (tertiary/aromatic N) is 1. The molecule has 0 saturated carbocycles. The van der Waals surface area contributed by atoms with E-state index in [4.69, 9.17) is 9.47 Å². The van der Waals surface area contributed by atoms with E-state index in [1.165, 1.54) is 6.08 Å². The summed E-state index contributed by atoms with van der Waals surface area (Å²) in [5, 5.41) is 12.4. The first kappa shape index (κ1) is 19.0. The highest BCUT2D eigenvalue weighted by Crippen LogP contribution is 2.37. The molecular weight excluding hydrogens is 408 g/mol. The van der Waals surface area contributed by atoms with E-state index in [0.29, 0.717) is 17.1 Å². The lowest BCUT2D eigenvalue weighted by atomic mass is 9.99. The number of benzene rings is 2. The van der Waals surface area contributed by atoms with Crippen LogP contribution in [-0.2, 0) is 4.79 Å². The lowest BCUT2D eigenvalue weighted by molar-refractivity contribution is -0.117. The smallest absolute Gasteiger partial charge is 0.262 e. The van der Waals surface area contributed by atoms with Crippen LogP contribution in [0.1, 0.15) is 35.2 Å². The first-order valence-electron chi connectivity index (χ1n) is 8.48. The van der Waals surface area contributed by atoms with Crippen LogP contribution in [0.25, 0.3) is 6.08 Å². The van der Waals surface area contributed by atoms with Crippen molar-refractivity contribution in [1.82, 2.24) is 5.32 Å². The number of hydrogen-bond donors (Lipinski definition) is 1. The third-order valence-electron chi connectivity index (χ3n) is 4.41. The first-order valence-corrected chi connectivity index (χ1v) is 9.27. The number of halogens is 1. The summed E-state index contributed by atoms with van der Waals surface area (Å²) in [7, 11) is 0. The molecule has 1 aliphatic rings. The van der Waals surface area contributed by atoms with E-state index in [1.54, 1.807) is 12.1 Å². The van der Waals surface area contributed by atoms with E-state index < -0.39 is 5.91 Å². The van der Waals surface area contributed by atoms with E-state index in [-0.39, 0.29) is 18.4 Å². The zero-order valence-corrected chi connectivity index (χ0v) is 16.9. The van der Waals surface area contributed by atoms with E-state index >= 15 is 0 Å². The van der Waals surface area contributed by atoms with E-state index in [9.17, 15) is 10.1 Å². The number of amides is 1. The van der Waals surface area contributed by atoms with Gasteiger partial charge in [0.15, 0.2) is 11.5 Å². The van der Waals surface area contributed by atoms with Gasteiger partial charge < -0.3 is 14.8 Å². The van der Waals surface area contributed by atoms with Crippen LogP contribution in [0.3, 0.4) is 0 Å². The molecule has 0 radical (unpaired) electrons. The Morgan fingerprint density at radius 3 is 2.67 bits per heavy atom. The molecular formula is C21H19BrN2O3. The van der Waals surface area contributed by atoms with Crippen LogP contribution in [0.4, 0.5) is 0 Å². The van der Waals surface area contributed by atoms with Crippen molar-refractivity contribution in [2.45, 2.75) is 26.8 Å². The molecule has 0 aromatic heterocycles. The molecule has 2 aromatic rings. The second-order valence-electron chi connectivity index (χ2n) is 6.45. The van der Waals surface area contributed by atoms with Crippen LogP contribution in [0.5, 0.6) is 11.5 Å². The Labute approximate surface area is 166 Å². The van der Waals surface area contributed by atoms with Gasteiger partial charge in [0.1, 0.15) is 11.6 Å². The standard InChI is InChI=1S/C21H19BrN2O3/c1-12-4-5-13(2)17(6-12)14(3)24-21(25)16(10-23)7-15-8-19-20(9-18(15)22)27-11-26-19/h4-9,14H,11H2,1-3H3,(H,24,25)/b16-7-/t14-/m0/s1. The maximum Gasteiger partial charge on any atom is 0.262 e. The van der Waals surface area contributed by atoms with Gasteiger partial charge in [0.05, 0.1) is 6.04 Å². The first-order chi connectivity index (χ1) is 12.9. The maximum absolute atomic E-state index is 12.6. The Bertz CT molecular complexity index is 976. The molecule has 3 rings (SSSR count). The fraction of sp³-hybridized carbons (Fsp3) is 0.238. The Balaban J connectivity index is 1.83. The number of carbonyl (C=O) groups is 1. The summed E-state index contributed by atoms with van der Waals surface area (Å²) in [6, 6.07) is 11.4. The fourth-order valence-corrected chi connectivity index (χ4v) is 3.36. The van der Waals surface area contributed by atoms with E-state index in [0.717, 1.165) is 21.2 Å². The van der Waals surface area contributed by atoms with Crippen molar-refractivity contribution in [3.8, 4) is 17.6 Å². The van der Waals surface area contributed by atoms with Gasteiger partial charge in [-0.2, -0.15) is 5.26 Å². The van der Waals surface area contributed by atoms with Crippen LogP contribution < -0.4 is 14.8 Å². The molecule has 0 bridgehead atoms. The van der Waals surface area contributed by atoms with Crippen LogP contribution in [0.2, 0.25) is 0 Å². The van der Waals surface area contributed by atoms with Gasteiger partial charge in [0.25, 0.3) is 5.91 Å². The molecule has 1 amide bonds. The molecule has 5 nitrogen and oxygen atoms in total. The summed E-state index contributed by atoms with van der Waals surface area (Å²) in [5.41, 5.74) is 3.94. The van der Waals surface area contributed by atoms with Gasteiger partial charge in [-0.1, -0.05) is 39.7 Å². The van der Waals surface area contributed by atoms with E-state index in [1.807, 2.05) is 45.0 Å². The number of nitriles is 1. The van der Waals surface area contributed by atoms with Crippen molar-refractivity contribution >= 4 is 27.9 Å². The number of ether oxygens (including phenoxy) is 2. The van der Waals surface area contributed by atoms with Gasteiger partial charge in [-0.15, -0.1) is 0 Å². The highest BCUT2D eigenvalue weighted by Gasteiger charge is 2.19. The van der Waals surface area contributed by atoms with Gasteiger partial charge >= 0.3 is 0 Å². The van der Waals surface area contributed by atoms with Gasteiger partial charge in [-0.05, 0) is 55.7 Å². The molecule has 0 unspecified atom stereocenters. The Hall–Kier alpha value is -2.78. The molecule has 2 aromatic carbocycles. The summed E-state index contributed by atoms with van der Waals surface area (Å²) in [4.78, 5) is 12.6. The minimum absolute atomic E-state index is 0.0201. The zero-order valence-electron chi connectivity index (χ0n) is 15.3. The number of aryl methyl sites for hydroxylation is 2. The number of nitrogens with one attached hydrogen (secondary N) is 1. The highest BCUT2D eigenvalue weighted by atomic mass is 79.9. The van der Waals surface area contributed by atoms with Crippen molar-refractivity contribution in [3.63, 3.8) is 0 Å². The Morgan fingerprint density at radius 1 is 1.26 bits per heavy atom. The van der Waals surface area contributed by atoms with Gasteiger partial charge in [0, 0.05) is 4.47 Å². The van der Waals surface area contributed by atoms with Crippen LogP contribution in [-0.4, -0.2) is 12.7 Å². The summed E-state index contributed by atoms with van der Waals surface area (Å²) in [6.07, 6.45) is 1.54. The lowest BCUT2D eigenvalue weighted by Gasteiger charge is -2.17. The predicted octanol–water partition coefficient (Wildman–Crippen LogP) is 4.58. The van der Waals surface area contributed by atoms with Gasteiger partial charge in [-0.3, -0.25) is 4.79 Å². The van der Waals surface area contributed by atoms with Crippen LogP contribution in [0.15, 0.2) is 40.4 Å². The average molecular weight is 427 g/mol. The number of hydrogen-bond acceptors (Lipinski definition) is 4. The van der Waals surface area contributed by atoms with Crippen molar-refractivity contribution in [3.05, 3.63) is 62.6 Å². The summed E-state index contributed by atoms with van der Waals surface area (Å²) >= 11 is 3.44. The normalized spacial score (nSPS) is 13.8. The van der Waals surface area contributed by atoms with Gasteiger partial charge in [-0.25, -0.2) is 0 Å². The molecule has 1 heterocycles. The average Bonchev–Trinajstić information content (AvgIpc) is 3.08. The third kappa shape index (κ3) is 4.15. The summed E-state index contributed by atoms with van der Waals surface area (Å²) in [5.74, 6) is 0.798. The molecule has 1 aliphatic heterocycles. The minimum atomic E-state index is -0.421. The topological polar surface area (TPSA) is 71.4 Å². The van der Waals surface area contributed by atoms with Crippen LogP contribution in [0, 0.1) is 25.2 Å². The zero-order chi connectivity index (χ0) is 19.6. The van der Waals surface area contributed by atoms with Crippen molar-refractivity contribution < 1.29 is 14.3 Å². The molecule has 27 heavy (non-hydrogen) atoms. The van der Waals surface area contributed by atoms with Crippen molar-refractivity contribution in [2.24, 2.45) is 0 Å².